The van der Waals surface area contributed by atoms with Crippen molar-refractivity contribution in [3.63, 3.8) is 0 Å². The molecule has 0 aliphatic heterocycles. The zero-order valence-electron chi connectivity index (χ0n) is 11.2. The van der Waals surface area contributed by atoms with Gasteiger partial charge in [-0.15, -0.1) is 6.58 Å². The Kier molecular flexibility index (Phi) is 3.30. The second kappa shape index (κ2) is 4.76. The average molecular weight is 233 g/mol. The second-order valence-corrected chi connectivity index (χ2v) is 6.89. The maximum atomic E-state index is 3.95. The smallest absolute Gasteiger partial charge is 0.0126 e. The van der Waals surface area contributed by atoms with Crippen molar-refractivity contribution < 1.29 is 0 Å². The maximum Gasteiger partial charge on any atom is 0.0126 e. The normalized spacial score (nSPS) is 44.9. The highest BCUT2D eigenvalue weighted by molar-refractivity contribution is 5.01. The van der Waals surface area contributed by atoms with Gasteiger partial charge in [0.15, 0.2) is 0 Å². The Morgan fingerprint density at radius 1 is 1.12 bits per heavy atom. The van der Waals surface area contributed by atoms with Crippen molar-refractivity contribution in [2.24, 2.45) is 23.7 Å². The average Bonchev–Trinajstić information content (AvgIpc) is 2.30. The Labute approximate surface area is 106 Å². The number of allylic oxidation sites excluding steroid dienone is 1. The zero-order valence-corrected chi connectivity index (χ0v) is 11.2. The Morgan fingerprint density at radius 3 is 2.24 bits per heavy atom. The minimum atomic E-state index is 0.676. The summed E-state index contributed by atoms with van der Waals surface area (Å²) in [4.78, 5) is 0. The third kappa shape index (κ3) is 2.31. The van der Waals surface area contributed by atoms with Crippen molar-refractivity contribution in [1.29, 1.82) is 0 Å². The van der Waals surface area contributed by atoms with E-state index in [2.05, 4.69) is 24.9 Å². The van der Waals surface area contributed by atoms with Crippen LogP contribution in [-0.4, -0.2) is 12.1 Å². The number of hydrogen-bond donors (Lipinski definition) is 1. The van der Waals surface area contributed by atoms with Crippen molar-refractivity contribution in [3.05, 3.63) is 12.7 Å². The first kappa shape index (κ1) is 11.8. The highest BCUT2D eigenvalue weighted by Crippen LogP contribution is 2.53. The van der Waals surface area contributed by atoms with E-state index in [1.54, 1.807) is 6.42 Å². The van der Waals surface area contributed by atoms with E-state index in [9.17, 15) is 0 Å². The largest absolute Gasteiger partial charge is 0.311 e. The van der Waals surface area contributed by atoms with Crippen molar-refractivity contribution in [2.75, 3.05) is 0 Å². The molecule has 1 nitrogen and oxygen atoms in total. The van der Waals surface area contributed by atoms with Gasteiger partial charge in [-0.1, -0.05) is 6.08 Å². The molecule has 1 unspecified atom stereocenters. The van der Waals surface area contributed by atoms with E-state index < -0.39 is 0 Å². The summed E-state index contributed by atoms with van der Waals surface area (Å²) in [6.45, 7) is 6.18. The Morgan fingerprint density at radius 2 is 1.71 bits per heavy atom. The van der Waals surface area contributed by atoms with Crippen LogP contribution in [0.15, 0.2) is 12.7 Å². The molecule has 17 heavy (non-hydrogen) atoms. The minimum absolute atomic E-state index is 0.676. The first-order valence-electron chi connectivity index (χ1n) is 7.63. The predicted octanol–water partition coefficient (Wildman–Crippen LogP) is 3.76. The molecule has 0 aromatic rings. The molecule has 4 rings (SSSR count). The quantitative estimate of drug-likeness (QED) is 0.713. The first-order valence-corrected chi connectivity index (χ1v) is 7.63. The van der Waals surface area contributed by atoms with Crippen LogP contribution in [0.25, 0.3) is 0 Å². The summed E-state index contributed by atoms with van der Waals surface area (Å²) in [5, 5.41) is 3.95. The minimum Gasteiger partial charge on any atom is -0.311 e. The van der Waals surface area contributed by atoms with Crippen LogP contribution < -0.4 is 5.32 Å². The summed E-state index contributed by atoms with van der Waals surface area (Å²) < 4.78 is 0. The SMILES string of the molecule is C=CCCC(C)NC1C2CC3CC(C2)CC1C3. The van der Waals surface area contributed by atoms with Gasteiger partial charge in [-0.3, -0.25) is 0 Å². The van der Waals surface area contributed by atoms with E-state index in [0.29, 0.717) is 6.04 Å². The van der Waals surface area contributed by atoms with Gasteiger partial charge in [0.05, 0.1) is 0 Å². The van der Waals surface area contributed by atoms with Gasteiger partial charge in [0.25, 0.3) is 0 Å². The van der Waals surface area contributed by atoms with Crippen molar-refractivity contribution in [3.8, 4) is 0 Å². The van der Waals surface area contributed by atoms with Crippen LogP contribution >= 0.6 is 0 Å². The Balaban J connectivity index is 1.58. The Hall–Kier alpha value is -0.300. The molecule has 1 atom stereocenters. The summed E-state index contributed by atoms with van der Waals surface area (Å²) in [6.07, 6.45) is 12.1. The molecule has 4 bridgehead atoms. The standard InChI is InChI=1S/C16H27N/c1-3-4-5-11(2)17-16-14-7-12-6-13(9-14)10-15(16)8-12/h3,11-17H,1,4-10H2,2H3. The molecular weight excluding hydrogens is 206 g/mol. The van der Waals surface area contributed by atoms with E-state index in [0.717, 1.165) is 36.1 Å². The monoisotopic (exact) mass is 233 g/mol. The summed E-state index contributed by atoms with van der Waals surface area (Å²) in [6, 6.07) is 1.53. The van der Waals surface area contributed by atoms with Crippen LogP contribution in [0.3, 0.4) is 0 Å². The number of hydrogen-bond acceptors (Lipinski definition) is 1. The Bertz CT molecular complexity index is 255. The molecule has 0 radical (unpaired) electrons. The van der Waals surface area contributed by atoms with Crippen LogP contribution in [0.5, 0.6) is 0 Å². The molecule has 0 saturated heterocycles. The van der Waals surface area contributed by atoms with Crippen LogP contribution in [-0.2, 0) is 0 Å². The molecule has 4 saturated carbocycles. The summed E-state index contributed by atoms with van der Waals surface area (Å²) in [5.74, 6) is 4.22. The molecule has 4 aliphatic rings. The van der Waals surface area contributed by atoms with Gasteiger partial charge in [-0.05, 0) is 75.5 Å². The molecule has 0 aromatic carbocycles. The molecule has 1 heteroatoms. The summed E-state index contributed by atoms with van der Waals surface area (Å²) in [5.41, 5.74) is 0. The van der Waals surface area contributed by atoms with E-state index >= 15 is 0 Å². The second-order valence-electron chi connectivity index (χ2n) is 6.89. The number of rotatable bonds is 5. The lowest BCUT2D eigenvalue weighted by Gasteiger charge is -2.55. The van der Waals surface area contributed by atoms with E-state index in [1.165, 1.54) is 32.1 Å². The third-order valence-corrected chi connectivity index (χ3v) is 5.51. The molecule has 4 fully saturated rings. The van der Waals surface area contributed by atoms with Gasteiger partial charge in [0.1, 0.15) is 0 Å². The highest BCUT2D eigenvalue weighted by atomic mass is 15.0. The zero-order chi connectivity index (χ0) is 11.8. The van der Waals surface area contributed by atoms with Gasteiger partial charge >= 0.3 is 0 Å². The lowest BCUT2D eigenvalue weighted by molar-refractivity contribution is -0.0172. The van der Waals surface area contributed by atoms with E-state index in [4.69, 9.17) is 0 Å². The van der Waals surface area contributed by atoms with Gasteiger partial charge in [0, 0.05) is 12.1 Å². The third-order valence-electron chi connectivity index (χ3n) is 5.51. The number of nitrogens with one attached hydrogen (secondary N) is 1. The molecule has 0 amide bonds. The van der Waals surface area contributed by atoms with Crippen molar-refractivity contribution >= 4 is 0 Å². The van der Waals surface area contributed by atoms with Crippen LogP contribution in [0.2, 0.25) is 0 Å². The fourth-order valence-electron chi connectivity index (χ4n) is 4.98. The summed E-state index contributed by atoms with van der Waals surface area (Å²) in [7, 11) is 0. The van der Waals surface area contributed by atoms with Crippen molar-refractivity contribution in [2.45, 2.75) is 64.0 Å². The van der Waals surface area contributed by atoms with Crippen LogP contribution in [0, 0.1) is 23.7 Å². The fraction of sp³-hybridized carbons (Fsp3) is 0.875. The molecule has 0 spiro atoms. The molecule has 0 heterocycles. The lowest BCUT2D eigenvalue weighted by Crippen LogP contribution is -2.56. The highest BCUT2D eigenvalue weighted by Gasteiger charge is 2.48. The van der Waals surface area contributed by atoms with E-state index in [1.807, 2.05) is 0 Å². The molecule has 1 N–H and O–H groups in total. The molecule has 96 valence electrons. The fourth-order valence-corrected chi connectivity index (χ4v) is 4.98. The molecule has 4 aliphatic carbocycles. The van der Waals surface area contributed by atoms with Gasteiger partial charge < -0.3 is 5.32 Å². The van der Waals surface area contributed by atoms with E-state index in [-0.39, 0.29) is 0 Å². The maximum absolute atomic E-state index is 3.95. The lowest BCUT2D eigenvalue weighted by atomic mass is 9.54. The molecule has 0 aromatic heterocycles. The van der Waals surface area contributed by atoms with Crippen molar-refractivity contribution in [1.82, 2.24) is 5.32 Å². The van der Waals surface area contributed by atoms with Gasteiger partial charge in [-0.2, -0.15) is 0 Å². The predicted molar refractivity (Wildman–Crippen MR) is 72.9 cm³/mol. The van der Waals surface area contributed by atoms with Gasteiger partial charge in [-0.25, -0.2) is 0 Å². The first-order chi connectivity index (χ1) is 8.26. The summed E-state index contributed by atoms with van der Waals surface area (Å²) >= 11 is 0. The van der Waals surface area contributed by atoms with Gasteiger partial charge in [0.2, 0.25) is 0 Å². The van der Waals surface area contributed by atoms with Crippen LogP contribution in [0.4, 0.5) is 0 Å². The topological polar surface area (TPSA) is 12.0 Å². The molecular formula is C16H27N. The van der Waals surface area contributed by atoms with Crippen LogP contribution in [0.1, 0.15) is 51.9 Å².